The summed E-state index contributed by atoms with van der Waals surface area (Å²) in [6, 6.07) is 7.92. The maximum atomic E-state index is 6.00. The van der Waals surface area contributed by atoms with E-state index in [0.29, 0.717) is 0 Å². The summed E-state index contributed by atoms with van der Waals surface area (Å²) in [7, 11) is 3.76. The number of anilines is 1. The first-order valence-corrected chi connectivity index (χ1v) is 7.59. The predicted octanol–water partition coefficient (Wildman–Crippen LogP) is 3.73. The second-order valence-corrected chi connectivity index (χ2v) is 6.38. The molecule has 0 aliphatic carbocycles. The van der Waals surface area contributed by atoms with Gasteiger partial charge in [-0.1, -0.05) is 0 Å². The number of nitrogen functional groups attached to an aromatic ring is 1. The van der Waals surface area contributed by atoms with E-state index in [1.165, 1.54) is 4.88 Å². The number of benzene rings is 1. The Labute approximate surface area is 126 Å². The molecule has 0 atom stereocenters. The van der Waals surface area contributed by atoms with Crippen LogP contribution in [0, 0.1) is 0 Å². The van der Waals surface area contributed by atoms with Crippen molar-refractivity contribution in [2.75, 3.05) is 19.9 Å². The van der Waals surface area contributed by atoms with Crippen molar-refractivity contribution in [3.8, 4) is 5.75 Å². The van der Waals surface area contributed by atoms with Gasteiger partial charge in [-0.05, 0) is 52.8 Å². The summed E-state index contributed by atoms with van der Waals surface area (Å²) < 4.78 is 6.38. The normalized spacial score (nSPS) is 10.9. The summed E-state index contributed by atoms with van der Waals surface area (Å²) in [5.74, 6) is 0.844. The Morgan fingerprint density at radius 1 is 1.32 bits per heavy atom. The minimum absolute atomic E-state index is 0.804. The lowest BCUT2D eigenvalue weighted by atomic mass is 10.1. The van der Waals surface area contributed by atoms with Crippen molar-refractivity contribution in [2.45, 2.75) is 13.1 Å². The van der Waals surface area contributed by atoms with E-state index in [1.807, 2.05) is 18.2 Å². The third-order valence-electron chi connectivity index (χ3n) is 2.84. The molecule has 0 bridgehead atoms. The fourth-order valence-electron chi connectivity index (χ4n) is 1.90. The van der Waals surface area contributed by atoms with Gasteiger partial charge in [0.25, 0.3) is 0 Å². The second-order valence-electron chi connectivity index (χ2n) is 4.47. The fourth-order valence-corrected chi connectivity index (χ4v) is 3.43. The van der Waals surface area contributed by atoms with Crippen LogP contribution in [0.25, 0.3) is 0 Å². The third-order valence-corrected chi connectivity index (χ3v) is 4.52. The highest BCUT2D eigenvalue weighted by molar-refractivity contribution is 9.10. The Bertz CT molecular complexity index is 556. The quantitative estimate of drug-likeness (QED) is 0.842. The van der Waals surface area contributed by atoms with E-state index in [2.05, 4.69) is 39.3 Å². The zero-order valence-corrected chi connectivity index (χ0v) is 13.4. The molecule has 0 fully saturated rings. The number of hydrogen-bond acceptors (Lipinski definition) is 4. The molecule has 1 aromatic heterocycles. The van der Waals surface area contributed by atoms with E-state index in [1.54, 1.807) is 18.4 Å². The number of methoxy groups -OCH3 is 1. The van der Waals surface area contributed by atoms with Crippen LogP contribution in [0.2, 0.25) is 0 Å². The van der Waals surface area contributed by atoms with Gasteiger partial charge in [-0.25, -0.2) is 0 Å². The van der Waals surface area contributed by atoms with Crippen LogP contribution in [0.5, 0.6) is 5.75 Å². The van der Waals surface area contributed by atoms with Crippen molar-refractivity contribution < 1.29 is 4.74 Å². The summed E-state index contributed by atoms with van der Waals surface area (Å²) in [4.78, 5) is 3.57. The van der Waals surface area contributed by atoms with Gasteiger partial charge in [-0.2, -0.15) is 0 Å². The largest absolute Gasteiger partial charge is 0.497 e. The monoisotopic (exact) mass is 340 g/mol. The molecule has 0 amide bonds. The lowest BCUT2D eigenvalue weighted by Crippen LogP contribution is -2.17. The maximum absolute atomic E-state index is 6.00. The third kappa shape index (κ3) is 3.96. The van der Waals surface area contributed by atoms with Gasteiger partial charge in [0, 0.05) is 33.5 Å². The summed E-state index contributed by atoms with van der Waals surface area (Å²) in [6.07, 6.45) is 0. The molecule has 2 aromatic rings. The molecule has 0 saturated carbocycles. The van der Waals surface area contributed by atoms with Gasteiger partial charge < -0.3 is 10.5 Å². The van der Waals surface area contributed by atoms with E-state index < -0.39 is 0 Å². The van der Waals surface area contributed by atoms with Gasteiger partial charge in [0.1, 0.15) is 5.75 Å². The molecule has 0 saturated heterocycles. The van der Waals surface area contributed by atoms with Crippen molar-refractivity contribution in [1.29, 1.82) is 0 Å². The predicted molar refractivity (Wildman–Crippen MR) is 84.6 cm³/mol. The average Bonchev–Trinajstić information content (AvgIpc) is 2.77. The van der Waals surface area contributed by atoms with Crippen molar-refractivity contribution in [3.63, 3.8) is 0 Å². The Hall–Kier alpha value is -1.04. The van der Waals surface area contributed by atoms with Crippen LogP contribution in [0.1, 0.15) is 10.4 Å². The SMILES string of the molecule is COc1ccc(N)c(CN(C)Cc2cc(Br)cs2)c1. The molecular weight excluding hydrogens is 324 g/mol. The average molecular weight is 341 g/mol. The highest BCUT2D eigenvalue weighted by Crippen LogP contribution is 2.24. The summed E-state index contributed by atoms with van der Waals surface area (Å²) in [5.41, 5.74) is 7.90. The van der Waals surface area contributed by atoms with E-state index in [-0.39, 0.29) is 0 Å². The Kier molecular flexibility index (Phi) is 4.85. The Balaban J connectivity index is 2.03. The topological polar surface area (TPSA) is 38.5 Å². The first-order valence-electron chi connectivity index (χ1n) is 5.92. The van der Waals surface area contributed by atoms with Crippen LogP contribution >= 0.6 is 27.3 Å². The molecule has 0 aliphatic heterocycles. The van der Waals surface area contributed by atoms with E-state index in [9.17, 15) is 0 Å². The number of rotatable bonds is 5. The first-order chi connectivity index (χ1) is 9.08. The van der Waals surface area contributed by atoms with Crippen LogP contribution in [0.3, 0.4) is 0 Å². The van der Waals surface area contributed by atoms with E-state index in [4.69, 9.17) is 10.5 Å². The van der Waals surface area contributed by atoms with E-state index >= 15 is 0 Å². The second kappa shape index (κ2) is 6.41. The van der Waals surface area contributed by atoms with Crippen molar-refractivity contribution in [1.82, 2.24) is 4.90 Å². The molecule has 0 unspecified atom stereocenters. The molecule has 0 radical (unpaired) electrons. The van der Waals surface area contributed by atoms with Crippen LogP contribution in [0.15, 0.2) is 34.1 Å². The number of nitrogens with zero attached hydrogens (tertiary/aromatic N) is 1. The molecular formula is C14H17BrN2OS. The van der Waals surface area contributed by atoms with Crippen LogP contribution < -0.4 is 10.5 Å². The number of halogens is 1. The summed E-state index contributed by atoms with van der Waals surface area (Å²) in [5, 5.41) is 2.10. The number of nitrogens with two attached hydrogens (primary N) is 1. The molecule has 3 nitrogen and oxygen atoms in total. The molecule has 2 rings (SSSR count). The molecule has 19 heavy (non-hydrogen) atoms. The Morgan fingerprint density at radius 3 is 2.74 bits per heavy atom. The van der Waals surface area contributed by atoms with Gasteiger partial charge in [-0.3, -0.25) is 4.90 Å². The van der Waals surface area contributed by atoms with Crippen molar-refractivity contribution in [2.24, 2.45) is 0 Å². The van der Waals surface area contributed by atoms with Gasteiger partial charge in [-0.15, -0.1) is 11.3 Å². The highest BCUT2D eigenvalue weighted by Gasteiger charge is 2.07. The smallest absolute Gasteiger partial charge is 0.119 e. The maximum Gasteiger partial charge on any atom is 0.119 e. The zero-order valence-electron chi connectivity index (χ0n) is 11.0. The minimum atomic E-state index is 0.804. The van der Waals surface area contributed by atoms with Crippen LogP contribution in [-0.4, -0.2) is 19.1 Å². The number of hydrogen-bond donors (Lipinski definition) is 1. The van der Waals surface area contributed by atoms with Crippen molar-refractivity contribution >= 4 is 33.0 Å². The van der Waals surface area contributed by atoms with Gasteiger partial charge in [0.2, 0.25) is 0 Å². The first kappa shape index (κ1) is 14.4. The van der Waals surface area contributed by atoms with Gasteiger partial charge in [0.05, 0.1) is 7.11 Å². The van der Waals surface area contributed by atoms with E-state index in [0.717, 1.165) is 34.6 Å². The molecule has 2 N–H and O–H groups in total. The molecule has 0 spiro atoms. The molecule has 1 aromatic carbocycles. The Morgan fingerprint density at radius 2 is 2.11 bits per heavy atom. The van der Waals surface area contributed by atoms with Crippen molar-refractivity contribution in [3.05, 3.63) is 44.6 Å². The molecule has 5 heteroatoms. The molecule has 102 valence electrons. The van der Waals surface area contributed by atoms with Gasteiger partial charge >= 0.3 is 0 Å². The summed E-state index contributed by atoms with van der Waals surface area (Å²) >= 11 is 5.23. The highest BCUT2D eigenvalue weighted by atomic mass is 79.9. The fraction of sp³-hybridized carbons (Fsp3) is 0.286. The summed E-state index contributed by atoms with van der Waals surface area (Å²) in [6.45, 7) is 1.71. The number of ether oxygens (including phenoxy) is 1. The van der Waals surface area contributed by atoms with Crippen LogP contribution in [-0.2, 0) is 13.1 Å². The van der Waals surface area contributed by atoms with Crippen LogP contribution in [0.4, 0.5) is 5.69 Å². The molecule has 0 aliphatic rings. The van der Waals surface area contributed by atoms with Gasteiger partial charge in [0.15, 0.2) is 0 Å². The lowest BCUT2D eigenvalue weighted by Gasteiger charge is -2.17. The standard InChI is InChI=1S/C14H17BrN2OS/c1-17(8-13-6-11(15)9-19-13)7-10-5-12(18-2)3-4-14(10)16/h3-6,9H,7-8,16H2,1-2H3. The number of thiophene rings is 1. The molecule has 1 heterocycles. The minimum Gasteiger partial charge on any atom is -0.497 e. The lowest BCUT2D eigenvalue weighted by molar-refractivity contribution is 0.321. The zero-order chi connectivity index (χ0) is 13.8.